The molecule has 4 N–H and O–H groups in total. The highest BCUT2D eigenvalue weighted by Crippen LogP contribution is 2.36. The molecule has 0 atom stereocenters. The van der Waals surface area contributed by atoms with Crippen molar-refractivity contribution in [1.82, 2.24) is 20.2 Å². The van der Waals surface area contributed by atoms with Gasteiger partial charge in [-0.1, -0.05) is 0 Å². The smallest absolute Gasteiger partial charge is 0.250 e. The highest BCUT2D eigenvalue weighted by atomic mass is 16.1. The van der Waals surface area contributed by atoms with Crippen molar-refractivity contribution in [3.8, 4) is 0 Å². The first-order valence-corrected chi connectivity index (χ1v) is 9.00. The van der Waals surface area contributed by atoms with Gasteiger partial charge in [-0.15, -0.1) is 0 Å². The van der Waals surface area contributed by atoms with E-state index in [1.165, 1.54) is 0 Å². The molecule has 0 aromatic carbocycles. The van der Waals surface area contributed by atoms with E-state index in [1.54, 1.807) is 24.5 Å². The highest BCUT2D eigenvalue weighted by Gasteiger charge is 2.26. The lowest BCUT2D eigenvalue weighted by atomic mass is 9.79. The normalized spacial score (nSPS) is 20.2. The van der Waals surface area contributed by atoms with E-state index in [9.17, 15) is 4.79 Å². The van der Waals surface area contributed by atoms with Gasteiger partial charge in [-0.25, -0.2) is 4.98 Å². The van der Waals surface area contributed by atoms with Crippen LogP contribution >= 0.6 is 0 Å². The van der Waals surface area contributed by atoms with Crippen LogP contribution in [0.25, 0.3) is 11.0 Å². The lowest BCUT2D eigenvalue weighted by molar-refractivity contribution is 0.0998. The monoisotopic (exact) mass is 350 g/mol. The molecule has 134 valence electrons. The molecule has 3 aromatic rings. The molecule has 1 amide bonds. The second-order valence-corrected chi connectivity index (χ2v) is 6.87. The number of nitrogens with zero attached hydrogens (tertiary/aromatic N) is 3. The summed E-state index contributed by atoms with van der Waals surface area (Å²) in [6, 6.07) is 7.46. The molecule has 1 fully saturated rings. The van der Waals surface area contributed by atoms with Crippen LogP contribution in [0.15, 0.2) is 36.7 Å². The van der Waals surface area contributed by atoms with Crippen LogP contribution in [0.3, 0.4) is 0 Å². The number of H-pyrrole nitrogens is 1. The molecular weight excluding hydrogens is 328 g/mol. The summed E-state index contributed by atoms with van der Waals surface area (Å²) >= 11 is 0. The minimum atomic E-state index is -0.393. The number of carbonyl (C=O) groups excluding carboxylic acids is 1. The lowest BCUT2D eigenvalue weighted by Crippen LogP contribution is -2.23. The number of rotatable bonds is 5. The number of primary amides is 1. The summed E-state index contributed by atoms with van der Waals surface area (Å²) in [4.78, 5) is 20.3. The third-order valence-corrected chi connectivity index (χ3v) is 5.23. The van der Waals surface area contributed by atoms with Crippen LogP contribution in [0.2, 0.25) is 0 Å². The molecular formula is C19H22N6O. The summed E-state index contributed by atoms with van der Waals surface area (Å²) in [5.74, 6) is 1.35. The topological polar surface area (TPSA) is 110 Å². The van der Waals surface area contributed by atoms with Crippen LogP contribution in [0.1, 0.15) is 47.7 Å². The highest BCUT2D eigenvalue weighted by molar-refractivity contribution is 5.94. The number of carbonyl (C=O) groups is 1. The Labute approximate surface area is 151 Å². The second-order valence-electron chi connectivity index (χ2n) is 6.87. The van der Waals surface area contributed by atoms with E-state index in [4.69, 9.17) is 5.73 Å². The molecule has 1 aliphatic rings. The van der Waals surface area contributed by atoms with Gasteiger partial charge in [0.2, 0.25) is 0 Å². The van der Waals surface area contributed by atoms with Crippen molar-refractivity contribution in [3.05, 3.63) is 47.9 Å². The first-order valence-electron chi connectivity index (χ1n) is 9.00. The van der Waals surface area contributed by atoms with Crippen LogP contribution in [-0.2, 0) is 0 Å². The first-order chi connectivity index (χ1) is 12.7. The van der Waals surface area contributed by atoms with E-state index >= 15 is 0 Å². The van der Waals surface area contributed by atoms with E-state index in [0.29, 0.717) is 17.4 Å². The fourth-order valence-electron chi connectivity index (χ4n) is 3.82. The molecule has 1 aliphatic carbocycles. The van der Waals surface area contributed by atoms with Crippen LogP contribution in [0.4, 0.5) is 5.82 Å². The maximum atomic E-state index is 11.6. The summed E-state index contributed by atoms with van der Waals surface area (Å²) in [7, 11) is 0. The molecule has 7 heteroatoms. The number of nitrogens with one attached hydrogen (secondary N) is 2. The van der Waals surface area contributed by atoms with E-state index in [2.05, 4.69) is 25.5 Å². The van der Waals surface area contributed by atoms with E-state index in [1.807, 2.05) is 12.1 Å². The molecule has 0 aliphatic heterocycles. The molecule has 4 rings (SSSR count). The Morgan fingerprint density at radius 3 is 2.73 bits per heavy atom. The number of hydrogen-bond donors (Lipinski definition) is 3. The van der Waals surface area contributed by atoms with Crippen LogP contribution in [0, 0.1) is 5.92 Å². The number of pyridine rings is 2. The summed E-state index contributed by atoms with van der Waals surface area (Å²) in [5, 5.41) is 11.7. The van der Waals surface area contributed by atoms with Crippen LogP contribution < -0.4 is 11.1 Å². The van der Waals surface area contributed by atoms with Gasteiger partial charge in [0.15, 0.2) is 11.5 Å². The van der Waals surface area contributed by atoms with Gasteiger partial charge in [0.1, 0.15) is 0 Å². The van der Waals surface area contributed by atoms with Crippen molar-refractivity contribution in [2.24, 2.45) is 11.7 Å². The van der Waals surface area contributed by atoms with E-state index < -0.39 is 5.91 Å². The average molecular weight is 350 g/mol. The number of anilines is 1. The minimum absolute atomic E-state index is 0.311. The number of amides is 1. The molecule has 0 unspecified atom stereocenters. The van der Waals surface area contributed by atoms with Crippen LogP contribution in [0.5, 0.6) is 0 Å². The Kier molecular flexibility index (Phi) is 4.51. The van der Waals surface area contributed by atoms with Gasteiger partial charge in [0.25, 0.3) is 5.91 Å². The van der Waals surface area contributed by atoms with Crippen molar-refractivity contribution in [3.63, 3.8) is 0 Å². The molecule has 7 nitrogen and oxygen atoms in total. The van der Waals surface area contributed by atoms with Gasteiger partial charge >= 0.3 is 0 Å². The Morgan fingerprint density at radius 2 is 1.92 bits per heavy atom. The fourth-order valence-corrected chi connectivity index (χ4v) is 3.82. The summed E-state index contributed by atoms with van der Waals surface area (Å²) in [6.45, 7) is 0.881. The Hall–Kier alpha value is -2.96. The van der Waals surface area contributed by atoms with Gasteiger partial charge in [0.05, 0.1) is 16.6 Å². The Morgan fingerprint density at radius 1 is 1.15 bits per heavy atom. The van der Waals surface area contributed by atoms with Gasteiger partial charge in [-0.05, 0) is 55.9 Å². The molecule has 26 heavy (non-hydrogen) atoms. The summed E-state index contributed by atoms with van der Waals surface area (Å²) in [5.41, 5.74) is 7.71. The molecule has 3 heterocycles. The Balaban J connectivity index is 1.36. The van der Waals surface area contributed by atoms with E-state index in [0.717, 1.165) is 54.8 Å². The third-order valence-electron chi connectivity index (χ3n) is 5.23. The molecule has 0 bridgehead atoms. The fraction of sp³-hybridized carbons (Fsp3) is 0.368. The number of aromatic nitrogens is 4. The lowest BCUT2D eigenvalue weighted by Gasteiger charge is -2.29. The van der Waals surface area contributed by atoms with Crippen molar-refractivity contribution < 1.29 is 4.79 Å². The standard InChI is InChI=1S/C19H22N6O/c20-17(26)14-3-1-9-21-16(14)13-7-5-12(6-8-13)11-23-19-15-4-2-10-22-18(15)24-25-19/h1-4,9-10,12-13H,5-8,11H2,(H2,20,26)(H2,22,23,24,25). The number of fused-ring (bicyclic) bond motifs is 1. The number of aromatic amines is 1. The number of hydrogen-bond acceptors (Lipinski definition) is 5. The van der Waals surface area contributed by atoms with Crippen LogP contribution in [-0.4, -0.2) is 32.6 Å². The van der Waals surface area contributed by atoms with Crippen molar-refractivity contribution in [1.29, 1.82) is 0 Å². The third kappa shape index (κ3) is 3.24. The van der Waals surface area contributed by atoms with Crippen molar-refractivity contribution in [2.45, 2.75) is 31.6 Å². The quantitative estimate of drug-likeness (QED) is 0.655. The molecule has 0 spiro atoms. The first kappa shape index (κ1) is 16.5. The average Bonchev–Trinajstić information content (AvgIpc) is 3.10. The Bertz CT molecular complexity index is 913. The predicted octanol–water partition coefficient (Wildman–Crippen LogP) is 2.84. The van der Waals surface area contributed by atoms with Crippen molar-refractivity contribution >= 4 is 22.8 Å². The zero-order chi connectivity index (χ0) is 17.9. The largest absolute Gasteiger partial charge is 0.368 e. The molecule has 3 aromatic heterocycles. The maximum Gasteiger partial charge on any atom is 0.250 e. The van der Waals surface area contributed by atoms with Crippen molar-refractivity contribution in [2.75, 3.05) is 11.9 Å². The van der Waals surface area contributed by atoms with Gasteiger partial charge in [-0.2, -0.15) is 5.10 Å². The zero-order valence-electron chi connectivity index (χ0n) is 14.5. The van der Waals surface area contributed by atoms with Gasteiger partial charge in [0, 0.05) is 24.9 Å². The number of nitrogens with two attached hydrogens (primary N) is 1. The maximum absolute atomic E-state index is 11.6. The summed E-state index contributed by atoms with van der Waals surface area (Å²) < 4.78 is 0. The van der Waals surface area contributed by atoms with Gasteiger partial charge in [-0.3, -0.25) is 14.9 Å². The minimum Gasteiger partial charge on any atom is -0.368 e. The zero-order valence-corrected chi connectivity index (χ0v) is 14.5. The SMILES string of the molecule is NC(=O)c1cccnc1C1CCC(CNc2n[nH]c3ncccc23)CC1. The van der Waals surface area contributed by atoms with E-state index in [-0.39, 0.29) is 0 Å². The molecule has 1 saturated carbocycles. The molecule has 0 radical (unpaired) electrons. The molecule has 0 saturated heterocycles. The summed E-state index contributed by atoms with van der Waals surface area (Å²) in [6.07, 6.45) is 7.72. The van der Waals surface area contributed by atoms with Gasteiger partial charge < -0.3 is 11.1 Å². The predicted molar refractivity (Wildman–Crippen MR) is 99.8 cm³/mol. The second kappa shape index (κ2) is 7.11.